The predicted molar refractivity (Wildman–Crippen MR) is 436 cm³/mol. The molecule has 5 unspecified atom stereocenters. The van der Waals surface area contributed by atoms with Crippen LogP contribution in [0, 0.1) is 0 Å². The molecule has 0 amide bonds. The molecule has 3 N–H and O–H groups in total. The summed E-state index contributed by atoms with van der Waals surface area (Å²) < 4.78 is 68.8. The van der Waals surface area contributed by atoms with E-state index in [1.807, 2.05) is 0 Å². The van der Waals surface area contributed by atoms with Crippen molar-refractivity contribution in [3.05, 3.63) is 109 Å². The average Bonchev–Trinajstić information content (AvgIpc) is 0.928. The smallest absolute Gasteiger partial charge is 0.462 e. The first-order valence-electron chi connectivity index (χ1n) is 42.1. The van der Waals surface area contributed by atoms with E-state index in [2.05, 4.69) is 137 Å². The molecular formula is C87H152O17P2. The summed E-state index contributed by atoms with van der Waals surface area (Å²) in [5.41, 5.74) is 0. The second-order valence-corrected chi connectivity index (χ2v) is 30.9. The maximum absolute atomic E-state index is 13.1. The van der Waals surface area contributed by atoms with Crippen molar-refractivity contribution in [1.29, 1.82) is 0 Å². The Bertz CT molecular complexity index is 2430. The van der Waals surface area contributed by atoms with Crippen molar-refractivity contribution < 1.29 is 80.2 Å². The van der Waals surface area contributed by atoms with Gasteiger partial charge in [0.1, 0.15) is 19.3 Å². The Balaban J connectivity index is 5.37. The minimum absolute atomic E-state index is 0.0726. The van der Waals surface area contributed by atoms with Gasteiger partial charge in [0.2, 0.25) is 0 Å². The molecule has 612 valence electrons. The van der Waals surface area contributed by atoms with E-state index in [-0.39, 0.29) is 25.7 Å². The SMILES string of the molecule is CC/C=C\C/C=C\C/C=C\CCCCCCCCCC(=O)OCC(COP(=O)(O)OCC(O)COP(=O)(O)OCC(COC(=O)CCCCCCCC/C=C\C/C=C\C/C=C\CCCCC)OC(=O)CCCCCCCCCCCCCCCCC)OC(=O)CCCCCCC/C=C\C/C=C\C/C=C\CC. The van der Waals surface area contributed by atoms with Crippen LogP contribution in [0.4, 0.5) is 0 Å². The molecule has 0 aromatic carbocycles. The van der Waals surface area contributed by atoms with E-state index in [1.165, 1.54) is 83.5 Å². The summed E-state index contributed by atoms with van der Waals surface area (Å²) in [4.78, 5) is 73.2. The standard InChI is InChI=1S/C87H152O17P2/c1-5-9-13-17-21-25-29-33-37-39-40-42-46-48-52-56-60-64-68-72-85(90)98-78-83(104-87(92)74-70-66-62-58-54-50-44-36-32-28-24-20-16-12-8-4)80-102-106(95,96)100-76-81(88)75-99-105(93,94)101-79-82(103-86(91)73-69-65-61-57-53-49-43-35-31-27-23-19-15-11-7-3)77-97-84(89)71-67-63-59-55-51-47-45-41-38-34-30-26-22-18-14-10-6-2/h10-11,14-15,21-23,25-27,33-35,37-38,40,42-43,81-83,88H,5-9,12-13,16-20,24,28-32,36,39,41,44-80H2,1-4H3,(H,93,94)(H,95,96)/b14-10-,15-11-,25-21-,26-22-,27-23-,37-33-,38-34-,42-40-,43-35-. The number of aliphatic hydroxyl groups excluding tert-OH is 1. The minimum Gasteiger partial charge on any atom is -0.462 e. The fourth-order valence-electron chi connectivity index (χ4n) is 11.4. The van der Waals surface area contributed by atoms with Gasteiger partial charge >= 0.3 is 39.5 Å². The lowest BCUT2D eigenvalue weighted by molar-refractivity contribution is -0.161. The zero-order valence-corrected chi connectivity index (χ0v) is 68.9. The molecule has 0 bridgehead atoms. The molecule has 0 aliphatic carbocycles. The van der Waals surface area contributed by atoms with Crippen LogP contribution < -0.4 is 0 Å². The summed E-state index contributed by atoms with van der Waals surface area (Å²) >= 11 is 0. The van der Waals surface area contributed by atoms with Gasteiger partial charge in [-0.3, -0.25) is 37.3 Å². The zero-order valence-electron chi connectivity index (χ0n) is 67.1. The van der Waals surface area contributed by atoms with Crippen molar-refractivity contribution in [2.75, 3.05) is 39.6 Å². The number of esters is 4. The normalized spacial score (nSPS) is 14.4. The third-order valence-corrected chi connectivity index (χ3v) is 19.6. The highest BCUT2D eigenvalue weighted by atomic mass is 31.2. The van der Waals surface area contributed by atoms with Crippen LogP contribution in [0.25, 0.3) is 0 Å². The number of hydrogen-bond donors (Lipinski definition) is 3. The molecule has 106 heavy (non-hydrogen) atoms. The lowest BCUT2D eigenvalue weighted by atomic mass is 10.0. The molecule has 0 saturated carbocycles. The van der Waals surface area contributed by atoms with Crippen LogP contribution in [0.15, 0.2) is 109 Å². The molecule has 0 saturated heterocycles. The topological polar surface area (TPSA) is 237 Å². The van der Waals surface area contributed by atoms with Gasteiger partial charge in [-0.15, -0.1) is 0 Å². The highest BCUT2D eigenvalue weighted by Gasteiger charge is 2.30. The van der Waals surface area contributed by atoms with Gasteiger partial charge in [0.05, 0.1) is 26.4 Å². The van der Waals surface area contributed by atoms with Crippen LogP contribution in [0.3, 0.4) is 0 Å². The van der Waals surface area contributed by atoms with Gasteiger partial charge in [-0.05, 0) is 128 Å². The number of carbonyl (C=O) groups excluding carboxylic acids is 4. The summed E-state index contributed by atoms with van der Waals surface area (Å²) in [6.45, 7) is 4.65. The first-order chi connectivity index (χ1) is 51.7. The lowest BCUT2D eigenvalue weighted by Crippen LogP contribution is -2.30. The van der Waals surface area contributed by atoms with Gasteiger partial charge in [0, 0.05) is 25.7 Å². The average molecular weight is 1530 g/mol. The van der Waals surface area contributed by atoms with Crippen LogP contribution in [0.1, 0.15) is 362 Å². The van der Waals surface area contributed by atoms with Gasteiger partial charge in [0.25, 0.3) is 0 Å². The number of phosphoric acid groups is 2. The highest BCUT2D eigenvalue weighted by molar-refractivity contribution is 7.47. The van der Waals surface area contributed by atoms with E-state index in [9.17, 15) is 43.2 Å². The molecule has 0 radical (unpaired) electrons. The molecule has 0 aromatic heterocycles. The van der Waals surface area contributed by atoms with Crippen LogP contribution in [-0.4, -0.2) is 96.7 Å². The Morgan fingerprint density at radius 1 is 0.274 bits per heavy atom. The largest absolute Gasteiger partial charge is 0.472 e. The summed E-state index contributed by atoms with van der Waals surface area (Å²) in [6, 6.07) is 0. The zero-order chi connectivity index (χ0) is 77.4. The van der Waals surface area contributed by atoms with Crippen molar-refractivity contribution in [3.63, 3.8) is 0 Å². The second-order valence-electron chi connectivity index (χ2n) is 28.0. The van der Waals surface area contributed by atoms with E-state index >= 15 is 0 Å². The Morgan fingerprint density at radius 3 is 0.774 bits per heavy atom. The van der Waals surface area contributed by atoms with E-state index in [0.29, 0.717) is 25.7 Å². The van der Waals surface area contributed by atoms with Crippen LogP contribution in [0.5, 0.6) is 0 Å². The molecule has 0 aromatic rings. The number of rotatable bonds is 79. The quantitative estimate of drug-likeness (QED) is 0.0169. The Hall–Kier alpha value is -4.28. The van der Waals surface area contributed by atoms with Gasteiger partial charge in [-0.25, -0.2) is 9.13 Å². The van der Waals surface area contributed by atoms with Crippen molar-refractivity contribution >= 4 is 39.5 Å². The van der Waals surface area contributed by atoms with Crippen LogP contribution in [0.2, 0.25) is 0 Å². The van der Waals surface area contributed by atoms with E-state index in [1.54, 1.807) is 0 Å². The second kappa shape index (κ2) is 78.8. The first-order valence-corrected chi connectivity index (χ1v) is 45.1. The number of carbonyl (C=O) groups is 4. The molecule has 0 aliphatic rings. The summed E-state index contributed by atoms with van der Waals surface area (Å²) in [5, 5.41) is 10.7. The van der Waals surface area contributed by atoms with Gasteiger partial charge in [0.15, 0.2) is 12.2 Å². The highest BCUT2D eigenvalue weighted by Crippen LogP contribution is 2.45. The minimum atomic E-state index is -4.99. The molecule has 19 heteroatoms. The maximum Gasteiger partial charge on any atom is 0.472 e. The number of phosphoric ester groups is 2. The van der Waals surface area contributed by atoms with Gasteiger partial charge in [-0.1, -0.05) is 317 Å². The molecule has 0 fully saturated rings. The van der Waals surface area contributed by atoms with Crippen molar-refractivity contribution in [3.8, 4) is 0 Å². The van der Waals surface area contributed by atoms with Crippen LogP contribution in [-0.2, 0) is 65.4 Å². The number of unbranched alkanes of at least 4 members (excludes halogenated alkanes) is 35. The van der Waals surface area contributed by atoms with Gasteiger partial charge < -0.3 is 33.8 Å². The number of allylic oxidation sites excluding steroid dienone is 18. The molecule has 0 spiro atoms. The molecule has 0 aliphatic heterocycles. The number of hydrogen-bond acceptors (Lipinski definition) is 15. The number of aliphatic hydroxyl groups is 1. The van der Waals surface area contributed by atoms with Crippen molar-refractivity contribution in [2.24, 2.45) is 0 Å². The maximum atomic E-state index is 13.1. The summed E-state index contributed by atoms with van der Waals surface area (Å²) in [7, 11) is -9.97. The first kappa shape index (κ1) is 102. The Morgan fingerprint density at radius 2 is 0.491 bits per heavy atom. The Labute approximate surface area is 645 Å². The molecule has 5 atom stereocenters. The fourth-order valence-corrected chi connectivity index (χ4v) is 13.0. The third kappa shape index (κ3) is 77.9. The summed E-state index contributed by atoms with van der Waals surface area (Å²) in [5.74, 6) is -2.20. The van der Waals surface area contributed by atoms with Gasteiger partial charge in [-0.2, -0.15) is 0 Å². The molecular weight excluding hydrogens is 1380 g/mol. The van der Waals surface area contributed by atoms with Crippen LogP contribution >= 0.6 is 15.6 Å². The van der Waals surface area contributed by atoms with E-state index < -0.39 is 97.5 Å². The van der Waals surface area contributed by atoms with E-state index in [4.69, 9.17) is 37.0 Å². The lowest BCUT2D eigenvalue weighted by Gasteiger charge is -2.21. The molecule has 0 heterocycles. The summed E-state index contributed by atoms with van der Waals surface area (Å²) in [6.07, 6.45) is 86.2. The van der Waals surface area contributed by atoms with Crippen molar-refractivity contribution in [1.82, 2.24) is 0 Å². The third-order valence-electron chi connectivity index (χ3n) is 17.7. The fraction of sp³-hybridized carbons (Fsp3) is 0.747. The Kier molecular flexibility index (Phi) is 75.6. The molecule has 0 rings (SSSR count). The monoisotopic (exact) mass is 1530 g/mol. The predicted octanol–water partition coefficient (Wildman–Crippen LogP) is 24.9. The van der Waals surface area contributed by atoms with E-state index in [0.717, 1.165) is 199 Å². The number of ether oxygens (including phenoxy) is 4. The van der Waals surface area contributed by atoms with Crippen molar-refractivity contribution in [2.45, 2.75) is 380 Å². The molecule has 17 nitrogen and oxygen atoms in total.